The predicted octanol–water partition coefficient (Wildman–Crippen LogP) is 12.1. The average molecular weight is 564 g/mol. The number of anilines is 3. The molecule has 0 fully saturated rings. The summed E-state index contributed by atoms with van der Waals surface area (Å²) < 4.78 is 6.61. The van der Waals surface area contributed by atoms with Crippen molar-refractivity contribution in [1.29, 1.82) is 0 Å². The van der Waals surface area contributed by atoms with Gasteiger partial charge in [-0.3, -0.25) is 0 Å². The van der Waals surface area contributed by atoms with E-state index >= 15 is 0 Å². The molecule has 0 aliphatic carbocycles. The van der Waals surface area contributed by atoms with Crippen LogP contribution in [0.2, 0.25) is 0 Å². The quantitative estimate of drug-likeness (QED) is 0.200. The number of benzene rings is 7. The van der Waals surface area contributed by atoms with Crippen molar-refractivity contribution in [2.45, 2.75) is 0 Å². The molecule has 1 aromatic heterocycles. The van der Waals surface area contributed by atoms with Gasteiger partial charge in [0.1, 0.15) is 11.3 Å². The lowest BCUT2D eigenvalue weighted by molar-refractivity contribution is 0.632. The molecule has 2 nitrogen and oxygen atoms in total. The van der Waals surface area contributed by atoms with Crippen molar-refractivity contribution in [3.8, 4) is 33.6 Å². The Labute approximate surface area is 257 Å². The third-order valence-corrected chi connectivity index (χ3v) is 8.24. The van der Waals surface area contributed by atoms with Crippen LogP contribution < -0.4 is 4.90 Å². The number of rotatable bonds is 6. The van der Waals surface area contributed by atoms with Crippen LogP contribution in [0.15, 0.2) is 180 Å². The second-order valence-electron chi connectivity index (χ2n) is 11.0. The molecule has 8 rings (SSSR count). The lowest BCUT2D eigenvalue weighted by Crippen LogP contribution is -2.10. The van der Waals surface area contributed by atoms with E-state index in [0.29, 0.717) is 0 Å². The van der Waals surface area contributed by atoms with E-state index in [9.17, 15) is 0 Å². The van der Waals surface area contributed by atoms with Gasteiger partial charge in [-0.2, -0.15) is 0 Å². The summed E-state index contributed by atoms with van der Waals surface area (Å²) in [7, 11) is 0. The standard InChI is InChI=1S/C42H29NO/c1-3-14-30(15-4-1)33-20-11-22-35(28-33)43(39-26-13-19-31-16-7-8-24-37(31)39)36-23-12-21-34(29-36)42-41(32-17-5-2-6-18-32)38-25-9-10-27-40(38)44-42/h1-29H. The van der Waals surface area contributed by atoms with Crippen molar-refractivity contribution in [3.63, 3.8) is 0 Å². The minimum absolute atomic E-state index is 0.871. The zero-order chi connectivity index (χ0) is 29.3. The smallest absolute Gasteiger partial charge is 0.143 e. The van der Waals surface area contributed by atoms with Crippen LogP contribution in [-0.4, -0.2) is 0 Å². The van der Waals surface area contributed by atoms with Gasteiger partial charge in [-0.25, -0.2) is 0 Å². The molecular weight excluding hydrogens is 534 g/mol. The molecule has 0 atom stereocenters. The van der Waals surface area contributed by atoms with E-state index in [4.69, 9.17) is 4.42 Å². The number of furan rings is 1. The zero-order valence-electron chi connectivity index (χ0n) is 24.1. The molecule has 208 valence electrons. The molecule has 7 aromatic carbocycles. The summed E-state index contributed by atoms with van der Waals surface area (Å²) in [5.41, 5.74) is 9.80. The molecule has 0 spiro atoms. The summed E-state index contributed by atoms with van der Waals surface area (Å²) in [5.74, 6) is 0.871. The summed E-state index contributed by atoms with van der Waals surface area (Å²) in [6.45, 7) is 0. The number of hydrogen-bond acceptors (Lipinski definition) is 2. The normalized spacial score (nSPS) is 11.2. The van der Waals surface area contributed by atoms with Crippen LogP contribution in [0, 0.1) is 0 Å². The lowest BCUT2D eigenvalue weighted by Gasteiger charge is -2.27. The second-order valence-corrected chi connectivity index (χ2v) is 11.0. The molecule has 2 heteroatoms. The average Bonchev–Trinajstić information content (AvgIpc) is 3.50. The van der Waals surface area contributed by atoms with Gasteiger partial charge in [-0.05, 0) is 58.5 Å². The van der Waals surface area contributed by atoms with Crippen molar-refractivity contribution >= 4 is 38.8 Å². The van der Waals surface area contributed by atoms with Gasteiger partial charge in [0, 0.05) is 33.3 Å². The Morgan fingerprint density at radius 3 is 1.70 bits per heavy atom. The van der Waals surface area contributed by atoms with E-state index in [-0.39, 0.29) is 0 Å². The van der Waals surface area contributed by atoms with Gasteiger partial charge < -0.3 is 9.32 Å². The summed E-state index contributed by atoms with van der Waals surface area (Å²) in [6, 6.07) is 62.0. The SMILES string of the molecule is c1ccc(-c2cccc(N(c3cccc(-c4oc5ccccc5c4-c4ccccc4)c3)c3cccc4ccccc34)c2)cc1. The third-order valence-electron chi connectivity index (χ3n) is 8.24. The number of para-hydroxylation sites is 1. The molecule has 44 heavy (non-hydrogen) atoms. The summed E-state index contributed by atoms with van der Waals surface area (Å²) in [4.78, 5) is 2.36. The zero-order valence-corrected chi connectivity index (χ0v) is 24.1. The summed E-state index contributed by atoms with van der Waals surface area (Å²) in [5, 5.41) is 3.51. The Balaban J connectivity index is 1.35. The Bertz CT molecular complexity index is 2230. The topological polar surface area (TPSA) is 16.4 Å². The van der Waals surface area contributed by atoms with Crippen molar-refractivity contribution in [2.75, 3.05) is 4.90 Å². The Morgan fingerprint density at radius 1 is 0.386 bits per heavy atom. The van der Waals surface area contributed by atoms with Gasteiger partial charge in [0.2, 0.25) is 0 Å². The van der Waals surface area contributed by atoms with Gasteiger partial charge in [0.05, 0.1) is 5.69 Å². The van der Waals surface area contributed by atoms with E-state index in [1.807, 2.05) is 12.1 Å². The van der Waals surface area contributed by atoms with Crippen LogP contribution in [-0.2, 0) is 0 Å². The first-order valence-electron chi connectivity index (χ1n) is 14.9. The van der Waals surface area contributed by atoms with Crippen molar-refractivity contribution in [3.05, 3.63) is 176 Å². The van der Waals surface area contributed by atoms with Gasteiger partial charge >= 0.3 is 0 Å². The highest BCUT2D eigenvalue weighted by atomic mass is 16.3. The van der Waals surface area contributed by atoms with E-state index < -0.39 is 0 Å². The molecule has 0 saturated carbocycles. The highest BCUT2D eigenvalue weighted by Crippen LogP contribution is 2.44. The Kier molecular flexibility index (Phi) is 6.51. The highest BCUT2D eigenvalue weighted by molar-refractivity contribution is 6.03. The van der Waals surface area contributed by atoms with Gasteiger partial charge in [-0.1, -0.05) is 140 Å². The molecule has 0 N–H and O–H groups in total. The third kappa shape index (κ3) is 4.63. The number of fused-ring (bicyclic) bond motifs is 2. The van der Waals surface area contributed by atoms with Crippen molar-refractivity contribution < 1.29 is 4.42 Å². The summed E-state index contributed by atoms with van der Waals surface area (Å²) in [6.07, 6.45) is 0. The fraction of sp³-hybridized carbons (Fsp3) is 0. The van der Waals surface area contributed by atoms with E-state index in [0.717, 1.165) is 50.5 Å². The molecule has 0 aliphatic rings. The largest absolute Gasteiger partial charge is 0.455 e. The fourth-order valence-electron chi connectivity index (χ4n) is 6.21. The first kappa shape index (κ1) is 25.8. The molecule has 0 aliphatic heterocycles. The van der Waals surface area contributed by atoms with E-state index in [1.54, 1.807) is 0 Å². The van der Waals surface area contributed by atoms with Gasteiger partial charge in [-0.15, -0.1) is 0 Å². The molecule has 0 radical (unpaired) electrons. The van der Waals surface area contributed by atoms with Crippen LogP contribution in [0.5, 0.6) is 0 Å². The minimum atomic E-state index is 0.871. The Morgan fingerprint density at radius 2 is 0.932 bits per heavy atom. The first-order valence-corrected chi connectivity index (χ1v) is 14.9. The maximum atomic E-state index is 6.61. The first-order chi connectivity index (χ1) is 21.8. The predicted molar refractivity (Wildman–Crippen MR) is 185 cm³/mol. The number of nitrogens with zero attached hydrogens (tertiary/aromatic N) is 1. The monoisotopic (exact) mass is 563 g/mol. The van der Waals surface area contributed by atoms with Crippen LogP contribution in [0.25, 0.3) is 55.3 Å². The van der Waals surface area contributed by atoms with Crippen molar-refractivity contribution in [1.82, 2.24) is 0 Å². The van der Waals surface area contributed by atoms with Crippen LogP contribution in [0.4, 0.5) is 17.1 Å². The molecule has 0 saturated heterocycles. The maximum absolute atomic E-state index is 6.61. The lowest BCUT2D eigenvalue weighted by atomic mass is 9.98. The van der Waals surface area contributed by atoms with Crippen LogP contribution in [0.1, 0.15) is 0 Å². The molecular formula is C42H29NO. The minimum Gasteiger partial charge on any atom is -0.455 e. The maximum Gasteiger partial charge on any atom is 0.143 e. The van der Waals surface area contributed by atoms with E-state index in [2.05, 4.69) is 169 Å². The second kappa shape index (κ2) is 11.1. The fourth-order valence-corrected chi connectivity index (χ4v) is 6.21. The molecule has 1 heterocycles. The molecule has 8 aromatic rings. The summed E-state index contributed by atoms with van der Waals surface area (Å²) >= 11 is 0. The van der Waals surface area contributed by atoms with Crippen molar-refractivity contribution in [2.24, 2.45) is 0 Å². The Hall–Kier alpha value is -5.86. The molecule has 0 bridgehead atoms. The molecule has 0 amide bonds. The highest BCUT2D eigenvalue weighted by Gasteiger charge is 2.20. The number of hydrogen-bond donors (Lipinski definition) is 0. The van der Waals surface area contributed by atoms with Gasteiger partial charge in [0.15, 0.2) is 0 Å². The van der Waals surface area contributed by atoms with Gasteiger partial charge in [0.25, 0.3) is 0 Å². The molecule has 0 unspecified atom stereocenters. The van der Waals surface area contributed by atoms with Crippen LogP contribution >= 0.6 is 0 Å². The van der Waals surface area contributed by atoms with E-state index in [1.165, 1.54) is 21.9 Å². The van der Waals surface area contributed by atoms with Crippen LogP contribution in [0.3, 0.4) is 0 Å².